The minimum atomic E-state index is -0.570. The standard InChI is InChI=1S/C17H16ClN3O3/c1-10(2)20-16(13-9-11(21(23)24)7-8-14(13)18)19-15-6-4-3-5-12(15)17(20)22/h3-10,16,19H,1-2H3. The summed E-state index contributed by atoms with van der Waals surface area (Å²) in [5, 5.41) is 14.7. The third-order valence-electron chi connectivity index (χ3n) is 4.00. The van der Waals surface area contributed by atoms with Crippen molar-refractivity contribution in [2.24, 2.45) is 0 Å². The van der Waals surface area contributed by atoms with Crippen LogP contribution in [0.15, 0.2) is 42.5 Å². The molecule has 0 bridgehead atoms. The normalized spacial score (nSPS) is 16.8. The number of benzene rings is 2. The maximum atomic E-state index is 12.9. The van der Waals surface area contributed by atoms with Gasteiger partial charge in [-0.25, -0.2) is 0 Å². The lowest BCUT2D eigenvalue weighted by atomic mass is 10.0. The van der Waals surface area contributed by atoms with Gasteiger partial charge in [0.2, 0.25) is 0 Å². The van der Waals surface area contributed by atoms with Gasteiger partial charge in [-0.15, -0.1) is 0 Å². The van der Waals surface area contributed by atoms with Crippen molar-refractivity contribution < 1.29 is 9.72 Å². The van der Waals surface area contributed by atoms with Crippen LogP contribution >= 0.6 is 11.6 Å². The number of carbonyl (C=O) groups excluding carboxylic acids is 1. The number of anilines is 1. The summed E-state index contributed by atoms with van der Waals surface area (Å²) in [6.45, 7) is 3.79. The molecule has 1 N–H and O–H groups in total. The summed E-state index contributed by atoms with van der Waals surface area (Å²) in [7, 11) is 0. The number of halogens is 1. The van der Waals surface area contributed by atoms with Gasteiger partial charge < -0.3 is 10.2 Å². The lowest BCUT2D eigenvalue weighted by molar-refractivity contribution is -0.384. The van der Waals surface area contributed by atoms with E-state index in [0.717, 1.165) is 0 Å². The highest BCUT2D eigenvalue weighted by Gasteiger charge is 2.36. The molecule has 1 heterocycles. The lowest BCUT2D eigenvalue weighted by Gasteiger charge is -2.40. The summed E-state index contributed by atoms with van der Waals surface area (Å²) < 4.78 is 0. The third kappa shape index (κ3) is 2.69. The molecule has 24 heavy (non-hydrogen) atoms. The quantitative estimate of drug-likeness (QED) is 0.667. The fourth-order valence-corrected chi connectivity index (χ4v) is 3.10. The molecule has 2 aromatic carbocycles. The van der Waals surface area contributed by atoms with E-state index in [0.29, 0.717) is 21.8 Å². The van der Waals surface area contributed by atoms with Crippen LogP contribution in [-0.4, -0.2) is 21.8 Å². The molecule has 6 nitrogen and oxygen atoms in total. The molecule has 0 saturated carbocycles. The summed E-state index contributed by atoms with van der Waals surface area (Å²) in [6, 6.07) is 11.3. The predicted octanol–water partition coefficient (Wildman–Crippen LogP) is 4.22. The Morgan fingerprint density at radius 1 is 1.25 bits per heavy atom. The van der Waals surface area contributed by atoms with Crippen molar-refractivity contribution in [3.05, 3.63) is 68.7 Å². The molecule has 124 valence electrons. The highest BCUT2D eigenvalue weighted by atomic mass is 35.5. The average Bonchev–Trinajstić information content (AvgIpc) is 2.54. The van der Waals surface area contributed by atoms with Gasteiger partial charge >= 0.3 is 0 Å². The van der Waals surface area contributed by atoms with Crippen molar-refractivity contribution in [2.45, 2.75) is 26.1 Å². The maximum absolute atomic E-state index is 12.9. The number of para-hydroxylation sites is 1. The first-order chi connectivity index (χ1) is 11.4. The second-order valence-electron chi connectivity index (χ2n) is 5.86. The van der Waals surface area contributed by atoms with Crippen LogP contribution in [0.1, 0.15) is 35.9 Å². The van der Waals surface area contributed by atoms with Crippen molar-refractivity contribution >= 4 is 28.9 Å². The average molecular weight is 346 g/mol. The molecule has 7 heteroatoms. The molecule has 3 rings (SSSR count). The largest absolute Gasteiger partial charge is 0.361 e. The summed E-state index contributed by atoms with van der Waals surface area (Å²) in [6.07, 6.45) is -0.570. The maximum Gasteiger partial charge on any atom is 0.269 e. The SMILES string of the molecule is CC(C)N1C(=O)c2ccccc2NC1c1cc([N+](=O)[O-])ccc1Cl. The summed E-state index contributed by atoms with van der Waals surface area (Å²) in [4.78, 5) is 25.1. The van der Waals surface area contributed by atoms with E-state index in [1.54, 1.807) is 17.0 Å². The minimum absolute atomic E-state index is 0.0637. The van der Waals surface area contributed by atoms with E-state index in [-0.39, 0.29) is 17.6 Å². The molecule has 0 aromatic heterocycles. The van der Waals surface area contributed by atoms with Crippen LogP contribution in [0.5, 0.6) is 0 Å². The molecule has 1 aliphatic rings. The Labute approximate surface area is 144 Å². The van der Waals surface area contributed by atoms with Crippen molar-refractivity contribution in [1.29, 1.82) is 0 Å². The number of fused-ring (bicyclic) bond motifs is 1. The smallest absolute Gasteiger partial charge is 0.269 e. The van der Waals surface area contributed by atoms with E-state index < -0.39 is 11.1 Å². The molecule has 0 fully saturated rings. The number of nitrogens with one attached hydrogen (secondary N) is 1. The van der Waals surface area contributed by atoms with Gasteiger partial charge in [-0.3, -0.25) is 14.9 Å². The second-order valence-corrected chi connectivity index (χ2v) is 6.27. The number of amides is 1. The zero-order valence-corrected chi connectivity index (χ0v) is 13.9. The Kier molecular flexibility index (Phi) is 4.15. The highest BCUT2D eigenvalue weighted by Crippen LogP contribution is 2.38. The van der Waals surface area contributed by atoms with Crippen LogP contribution in [0.3, 0.4) is 0 Å². The monoisotopic (exact) mass is 345 g/mol. The number of nitrogens with zero attached hydrogens (tertiary/aromatic N) is 2. The Hall–Kier alpha value is -2.60. The Morgan fingerprint density at radius 2 is 1.96 bits per heavy atom. The molecule has 0 radical (unpaired) electrons. The predicted molar refractivity (Wildman–Crippen MR) is 92.2 cm³/mol. The topological polar surface area (TPSA) is 75.5 Å². The number of hydrogen-bond acceptors (Lipinski definition) is 4. The van der Waals surface area contributed by atoms with Gasteiger partial charge in [0, 0.05) is 34.4 Å². The first kappa shape index (κ1) is 16.3. The van der Waals surface area contributed by atoms with Gasteiger partial charge in [-0.2, -0.15) is 0 Å². The van der Waals surface area contributed by atoms with Crippen LogP contribution in [0, 0.1) is 10.1 Å². The molecule has 1 amide bonds. The molecule has 2 aromatic rings. The van der Waals surface area contributed by atoms with Gasteiger partial charge in [-0.05, 0) is 32.0 Å². The van der Waals surface area contributed by atoms with Crippen LogP contribution in [0.25, 0.3) is 0 Å². The summed E-state index contributed by atoms with van der Waals surface area (Å²) in [5.41, 5.74) is 1.70. The minimum Gasteiger partial charge on any atom is -0.361 e. The lowest BCUT2D eigenvalue weighted by Crippen LogP contribution is -2.46. The molecule has 1 atom stereocenters. The second kappa shape index (κ2) is 6.13. The Morgan fingerprint density at radius 3 is 2.62 bits per heavy atom. The zero-order chi connectivity index (χ0) is 17.4. The number of non-ortho nitro benzene ring substituents is 1. The number of nitro benzene ring substituents is 1. The molecule has 0 spiro atoms. The van der Waals surface area contributed by atoms with E-state index >= 15 is 0 Å². The van der Waals surface area contributed by atoms with E-state index in [4.69, 9.17) is 11.6 Å². The van der Waals surface area contributed by atoms with Crippen LogP contribution in [0.4, 0.5) is 11.4 Å². The first-order valence-electron chi connectivity index (χ1n) is 7.52. The Balaban J connectivity index is 2.14. The molecular formula is C17H16ClN3O3. The van der Waals surface area contributed by atoms with Crippen LogP contribution < -0.4 is 5.32 Å². The van der Waals surface area contributed by atoms with Gasteiger partial charge in [0.05, 0.1) is 10.5 Å². The van der Waals surface area contributed by atoms with E-state index in [1.807, 2.05) is 26.0 Å². The fraction of sp³-hybridized carbons (Fsp3) is 0.235. The van der Waals surface area contributed by atoms with Crippen LogP contribution in [0.2, 0.25) is 5.02 Å². The van der Waals surface area contributed by atoms with Crippen molar-refractivity contribution in [3.63, 3.8) is 0 Å². The van der Waals surface area contributed by atoms with Crippen molar-refractivity contribution in [3.8, 4) is 0 Å². The number of rotatable bonds is 3. The molecule has 1 aliphatic heterocycles. The van der Waals surface area contributed by atoms with E-state index in [2.05, 4.69) is 5.32 Å². The van der Waals surface area contributed by atoms with E-state index in [9.17, 15) is 14.9 Å². The van der Waals surface area contributed by atoms with Gasteiger partial charge in [0.15, 0.2) is 0 Å². The van der Waals surface area contributed by atoms with Crippen molar-refractivity contribution in [1.82, 2.24) is 4.90 Å². The van der Waals surface area contributed by atoms with Gasteiger partial charge in [0.1, 0.15) is 6.17 Å². The van der Waals surface area contributed by atoms with Gasteiger partial charge in [0.25, 0.3) is 11.6 Å². The fourth-order valence-electron chi connectivity index (χ4n) is 2.88. The number of nitro groups is 1. The molecular weight excluding hydrogens is 330 g/mol. The molecule has 0 saturated heterocycles. The molecule has 1 unspecified atom stereocenters. The van der Waals surface area contributed by atoms with Crippen LogP contribution in [-0.2, 0) is 0 Å². The third-order valence-corrected chi connectivity index (χ3v) is 4.35. The summed E-state index contributed by atoms with van der Waals surface area (Å²) in [5.74, 6) is -0.132. The first-order valence-corrected chi connectivity index (χ1v) is 7.90. The number of hydrogen-bond donors (Lipinski definition) is 1. The Bertz CT molecular complexity index is 822. The van der Waals surface area contributed by atoms with Gasteiger partial charge in [-0.1, -0.05) is 23.7 Å². The zero-order valence-electron chi connectivity index (χ0n) is 13.2. The highest BCUT2D eigenvalue weighted by molar-refractivity contribution is 6.31. The number of carbonyl (C=O) groups is 1. The van der Waals surface area contributed by atoms with E-state index in [1.165, 1.54) is 18.2 Å². The summed E-state index contributed by atoms with van der Waals surface area (Å²) >= 11 is 6.28. The van der Waals surface area contributed by atoms with Crippen molar-refractivity contribution in [2.75, 3.05) is 5.32 Å². The molecule has 0 aliphatic carbocycles.